The van der Waals surface area contributed by atoms with E-state index in [1.165, 1.54) is 29.2 Å². The average molecular weight is 524 g/mol. The molecule has 2 amide bonds. The molecule has 3 aromatic carbocycles. The lowest BCUT2D eigenvalue weighted by Crippen LogP contribution is -2.13. The van der Waals surface area contributed by atoms with Gasteiger partial charge in [-0.3, -0.25) is 9.59 Å². The van der Waals surface area contributed by atoms with Crippen molar-refractivity contribution in [3.8, 4) is 0 Å². The summed E-state index contributed by atoms with van der Waals surface area (Å²) >= 11 is 6.26. The molecule has 0 radical (unpaired) electrons. The van der Waals surface area contributed by atoms with Crippen LogP contribution in [0.4, 0.5) is 11.4 Å². The molecule has 0 aliphatic heterocycles. The number of thiazole rings is 1. The second-order valence-corrected chi connectivity index (χ2v) is 9.91. The molecule has 32 heavy (non-hydrogen) atoms. The maximum absolute atomic E-state index is 12.2. The van der Waals surface area contributed by atoms with Crippen molar-refractivity contribution in [1.82, 2.24) is 4.98 Å². The van der Waals surface area contributed by atoms with Gasteiger partial charge in [-0.25, -0.2) is 4.98 Å². The average Bonchev–Trinajstić information content (AvgIpc) is 3.21. The molecule has 4 rings (SSSR count). The van der Waals surface area contributed by atoms with Crippen LogP contribution in [0.1, 0.15) is 5.56 Å². The number of aromatic nitrogens is 1. The molecule has 8 heteroatoms. The molecule has 0 saturated carbocycles. The summed E-state index contributed by atoms with van der Waals surface area (Å²) in [6, 6.07) is 22.7. The summed E-state index contributed by atoms with van der Waals surface area (Å²) in [5.74, 6) is -0.0179. The van der Waals surface area contributed by atoms with Crippen molar-refractivity contribution in [3.63, 3.8) is 0 Å². The zero-order valence-corrected chi connectivity index (χ0v) is 20.0. The van der Waals surface area contributed by atoms with E-state index < -0.39 is 0 Å². The van der Waals surface area contributed by atoms with E-state index in [1.807, 2.05) is 72.8 Å². The smallest absolute Gasteiger partial charge is 0.248 e. The highest BCUT2D eigenvalue weighted by atomic mass is 79.9. The number of nitrogens with one attached hydrogen (secondary N) is 2. The second kappa shape index (κ2) is 10.6. The topological polar surface area (TPSA) is 71.1 Å². The Hall–Kier alpha value is -2.94. The van der Waals surface area contributed by atoms with E-state index in [0.717, 1.165) is 30.3 Å². The number of fused-ring (bicyclic) bond motifs is 1. The number of rotatable bonds is 7. The van der Waals surface area contributed by atoms with E-state index in [2.05, 4.69) is 31.5 Å². The van der Waals surface area contributed by atoms with Crippen LogP contribution in [0.25, 0.3) is 16.3 Å². The van der Waals surface area contributed by atoms with Crippen LogP contribution in [0, 0.1) is 0 Å². The predicted octanol–water partition coefficient (Wildman–Crippen LogP) is 6.44. The fourth-order valence-electron chi connectivity index (χ4n) is 2.82. The van der Waals surface area contributed by atoms with Crippen LogP contribution in [0.3, 0.4) is 0 Å². The first-order valence-corrected chi connectivity index (χ1v) is 12.3. The zero-order valence-electron chi connectivity index (χ0n) is 16.7. The minimum atomic E-state index is -0.197. The van der Waals surface area contributed by atoms with Crippen LogP contribution in [0.5, 0.6) is 0 Å². The maximum Gasteiger partial charge on any atom is 0.248 e. The van der Waals surface area contributed by atoms with Crippen LogP contribution >= 0.6 is 39.0 Å². The van der Waals surface area contributed by atoms with E-state index in [0.29, 0.717) is 5.69 Å². The van der Waals surface area contributed by atoms with E-state index in [9.17, 15) is 9.59 Å². The number of hydrogen-bond acceptors (Lipinski definition) is 5. The van der Waals surface area contributed by atoms with Gasteiger partial charge in [-0.15, -0.1) is 11.3 Å². The summed E-state index contributed by atoms with van der Waals surface area (Å²) < 4.78 is 2.71. The summed E-state index contributed by atoms with van der Waals surface area (Å²) in [4.78, 5) is 29.0. The SMILES string of the molecule is O=C(C=Cc1ccccc1)Nc1ccc2nc(SCC(=O)Nc3ccc(Br)cc3)sc2c1. The minimum absolute atomic E-state index is 0.0882. The van der Waals surface area contributed by atoms with Crippen molar-refractivity contribution in [2.45, 2.75) is 4.34 Å². The van der Waals surface area contributed by atoms with Gasteiger partial charge in [-0.05, 0) is 54.1 Å². The Morgan fingerprint density at radius 2 is 1.72 bits per heavy atom. The number of hydrogen-bond donors (Lipinski definition) is 2. The lowest BCUT2D eigenvalue weighted by atomic mass is 10.2. The van der Waals surface area contributed by atoms with Crippen molar-refractivity contribution in [3.05, 3.63) is 88.9 Å². The first-order chi connectivity index (χ1) is 15.5. The van der Waals surface area contributed by atoms with Gasteiger partial charge in [0.25, 0.3) is 0 Å². The summed E-state index contributed by atoms with van der Waals surface area (Å²) in [7, 11) is 0. The molecule has 2 N–H and O–H groups in total. The molecule has 0 spiro atoms. The minimum Gasteiger partial charge on any atom is -0.325 e. The normalized spacial score (nSPS) is 11.0. The first kappa shape index (κ1) is 22.3. The number of benzene rings is 3. The Kier molecular flexibility index (Phi) is 7.36. The summed E-state index contributed by atoms with van der Waals surface area (Å²) in [5, 5.41) is 5.74. The van der Waals surface area contributed by atoms with Crippen molar-refractivity contribution in [2.75, 3.05) is 16.4 Å². The van der Waals surface area contributed by atoms with Crippen LogP contribution in [0.2, 0.25) is 0 Å². The molecule has 5 nitrogen and oxygen atoms in total. The van der Waals surface area contributed by atoms with Crippen LogP contribution in [0.15, 0.2) is 87.7 Å². The standard InChI is InChI=1S/C24H18BrN3O2S2/c25-17-7-9-18(10-8-17)26-23(30)15-31-24-28-20-12-11-19(14-21(20)32-24)27-22(29)13-6-16-4-2-1-3-5-16/h1-14H,15H2,(H,26,30)(H,27,29). The summed E-state index contributed by atoms with van der Waals surface area (Å²) in [6.45, 7) is 0. The van der Waals surface area contributed by atoms with Gasteiger partial charge in [0.15, 0.2) is 4.34 Å². The molecule has 1 aromatic heterocycles. The van der Waals surface area contributed by atoms with Gasteiger partial charge in [0, 0.05) is 21.9 Å². The van der Waals surface area contributed by atoms with Crippen LogP contribution in [-0.2, 0) is 9.59 Å². The third-order valence-corrected chi connectivity index (χ3v) is 7.01. The van der Waals surface area contributed by atoms with Gasteiger partial charge in [-0.2, -0.15) is 0 Å². The largest absolute Gasteiger partial charge is 0.325 e. The zero-order chi connectivity index (χ0) is 22.3. The molecule has 0 fully saturated rings. The van der Waals surface area contributed by atoms with Crippen LogP contribution in [-0.4, -0.2) is 22.6 Å². The Morgan fingerprint density at radius 1 is 0.969 bits per heavy atom. The Bertz CT molecular complexity index is 1270. The number of nitrogens with zero attached hydrogens (tertiary/aromatic N) is 1. The molecular formula is C24H18BrN3O2S2. The van der Waals surface area contributed by atoms with Gasteiger partial charge < -0.3 is 10.6 Å². The number of carbonyl (C=O) groups is 2. The monoisotopic (exact) mass is 523 g/mol. The Morgan fingerprint density at radius 3 is 2.50 bits per heavy atom. The van der Waals surface area contributed by atoms with E-state index >= 15 is 0 Å². The summed E-state index contributed by atoms with van der Waals surface area (Å²) in [5.41, 5.74) is 3.26. The second-order valence-electron chi connectivity index (χ2n) is 6.74. The Balaban J connectivity index is 1.34. The molecule has 4 aromatic rings. The van der Waals surface area contributed by atoms with Gasteiger partial charge in [0.05, 0.1) is 16.0 Å². The molecule has 160 valence electrons. The quantitative estimate of drug-likeness (QED) is 0.216. The maximum atomic E-state index is 12.2. The van der Waals surface area contributed by atoms with Crippen molar-refractivity contribution >= 4 is 78.5 Å². The van der Waals surface area contributed by atoms with Gasteiger partial charge in [0.1, 0.15) is 0 Å². The highest BCUT2D eigenvalue weighted by Gasteiger charge is 2.09. The number of amides is 2. The molecule has 0 unspecified atom stereocenters. The number of halogens is 1. The van der Waals surface area contributed by atoms with Gasteiger partial charge in [-0.1, -0.05) is 58.0 Å². The highest BCUT2D eigenvalue weighted by Crippen LogP contribution is 2.31. The van der Waals surface area contributed by atoms with Gasteiger partial charge >= 0.3 is 0 Å². The third-order valence-electron chi connectivity index (χ3n) is 4.32. The Labute approximate surface area is 202 Å². The fraction of sp³-hybridized carbons (Fsp3) is 0.0417. The first-order valence-electron chi connectivity index (χ1n) is 9.68. The van der Waals surface area contributed by atoms with Gasteiger partial charge in [0.2, 0.25) is 11.8 Å². The fourth-order valence-corrected chi connectivity index (χ4v) is 4.99. The van der Waals surface area contributed by atoms with E-state index in [-0.39, 0.29) is 17.6 Å². The number of anilines is 2. The van der Waals surface area contributed by atoms with Crippen molar-refractivity contribution in [2.24, 2.45) is 0 Å². The summed E-state index contributed by atoms with van der Waals surface area (Å²) in [6.07, 6.45) is 3.28. The molecule has 0 saturated heterocycles. The lowest BCUT2D eigenvalue weighted by molar-refractivity contribution is -0.114. The van der Waals surface area contributed by atoms with Crippen LogP contribution < -0.4 is 10.6 Å². The predicted molar refractivity (Wildman–Crippen MR) is 137 cm³/mol. The molecule has 0 aliphatic rings. The molecular weight excluding hydrogens is 506 g/mol. The third kappa shape index (κ3) is 6.29. The highest BCUT2D eigenvalue weighted by molar-refractivity contribution is 9.10. The number of carbonyl (C=O) groups excluding carboxylic acids is 2. The van der Waals surface area contributed by atoms with E-state index in [1.54, 1.807) is 6.08 Å². The molecule has 0 bridgehead atoms. The molecule has 1 heterocycles. The van der Waals surface area contributed by atoms with Crippen molar-refractivity contribution in [1.29, 1.82) is 0 Å². The molecule has 0 atom stereocenters. The number of thioether (sulfide) groups is 1. The van der Waals surface area contributed by atoms with Crippen molar-refractivity contribution < 1.29 is 9.59 Å². The molecule has 0 aliphatic carbocycles. The van der Waals surface area contributed by atoms with E-state index in [4.69, 9.17) is 0 Å². The lowest BCUT2D eigenvalue weighted by Gasteiger charge is -2.03.